The molecule has 0 amide bonds. The Labute approximate surface area is 140 Å². The van der Waals surface area contributed by atoms with Crippen LogP contribution < -0.4 is 5.32 Å². The Balaban J connectivity index is 1.92. The highest BCUT2D eigenvalue weighted by Crippen LogP contribution is 2.33. The van der Waals surface area contributed by atoms with Crippen molar-refractivity contribution in [1.82, 2.24) is 14.4 Å². The Morgan fingerprint density at radius 3 is 2.86 bits per heavy atom. The molecular formula is C16H13BrN4S. The van der Waals surface area contributed by atoms with E-state index in [2.05, 4.69) is 61.8 Å². The van der Waals surface area contributed by atoms with Crippen LogP contribution in [0.5, 0.6) is 0 Å². The molecule has 0 bridgehead atoms. The van der Waals surface area contributed by atoms with Gasteiger partial charge in [-0.2, -0.15) is 0 Å². The monoisotopic (exact) mass is 372 g/mol. The number of aryl methyl sites for hydroxylation is 1. The highest BCUT2D eigenvalue weighted by atomic mass is 79.9. The highest BCUT2D eigenvalue weighted by molar-refractivity contribution is 9.10. The van der Waals surface area contributed by atoms with E-state index in [-0.39, 0.29) is 0 Å². The van der Waals surface area contributed by atoms with Crippen molar-refractivity contribution in [3.8, 4) is 11.3 Å². The molecule has 4 rings (SSSR count). The van der Waals surface area contributed by atoms with Gasteiger partial charge in [-0.1, -0.05) is 17.4 Å². The second kappa shape index (κ2) is 5.07. The number of pyridine rings is 1. The summed E-state index contributed by atoms with van der Waals surface area (Å²) in [5.74, 6) is 0. The SMILES string of the molecule is CNc1nc2ccc(-c3nc4cc(C)ccn4c3Br)cc2s1. The smallest absolute Gasteiger partial charge is 0.183 e. The van der Waals surface area contributed by atoms with E-state index in [1.54, 1.807) is 11.3 Å². The molecule has 22 heavy (non-hydrogen) atoms. The third-order valence-electron chi connectivity index (χ3n) is 3.60. The van der Waals surface area contributed by atoms with Gasteiger partial charge in [-0.25, -0.2) is 9.97 Å². The molecule has 4 aromatic rings. The molecule has 3 heterocycles. The predicted octanol–water partition coefficient (Wildman–Crippen LogP) is 4.72. The van der Waals surface area contributed by atoms with Gasteiger partial charge in [-0.15, -0.1) is 0 Å². The van der Waals surface area contributed by atoms with Gasteiger partial charge in [0.1, 0.15) is 15.9 Å². The Morgan fingerprint density at radius 1 is 1.18 bits per heavy atom. The first-order chi connectivity index (χ1) is 10.7. The minimum Gasteiger partial charge on any atom is -0.365 e. The second-order valence-electron chi connectivity index (χ2n) is 5.14. The zero-order valence-corrected chi connectivity index (χ0v) is 14.5. The molecular weight excluding hydrogens is 360 g/mol. The lowest BCUT2D eigenvalue weighted by molar-refractivity contribution is 1.14. The van der Waals surface area contributed by atoms with Crippen LogP contribution in [-0.2, 0) is 0 Å². The molecule has 4 nitrogen and oxygen atoms in total. The Morgan fingerprint density at radius 2 is 2.05 bits per heavy atom. The Kier molecular flexibility index (Phi) is 3.16. The maximum atomic E-state index is 4.76. The summed E-state index contributed by atoms with van der Waals surface area (Å²) in [4.78, 5) is 9.27. The first kappa shape index (κ1) is 13.7. The number of aromatic nitrogens is 3. The number of nitrogens with zero attached hydrogens (tertiary/aromatic N) is 3. The number of halogens is 1. The zero-order valence-electron chi connectivity index (χ0n) is 12.1. The van der Waals surface area contributed by atoms with Gasteiger partial charge in [0, 0.05) is 18.8 Å². The number of rotatable bonds is 2. The summed E-state index contributed by atoms with van der Waals surface area (Å²) in [6.45, 7) is 2.07. The van der Waals surface area contributed by atoms with Gasteiger partial charge in [0.2, 0.25) is 0 Å². The van der Waals surface area contributed by atoms with E-state index < -0.39 is 0 Å². The van der Waals surface area contributed by atoms with Crippen LogP contribution in [0.25, 0.3) is 27.1 Å². The van der Waals surface area contributed by atoms with E-state index in [1.807, 2.05) is 19.3 Å². The molecule has 0 aliphatic rings. The quantitative estimate of drug-likeness (QED) is 0.553. The number of imidazole rings is 1. The predicted molar refractivity (Wildman–Crippen MR) is 95.8 cm³/mol. The molecule has 0 spiro atoms. The molecule has 0 unspecified atom stereocenters. The molecule has 0 radical (unpaired) electrons. The van der Waals surface area contributed by atoms with Crippen LogP contribution in [0.2, 0.25) is 0 Å². The van der Waals surface area contributed by atoms with Crippen LogP contribution in [0.4, 0.5) is 5.13 Å². The van der Waals surface area contributed by atoms with Crippen LogP contribution in [0, 0.1) is 6.92 Å². The lowest BCUT2D eigenvalue weighted by Gasteiger charge is -1.98. The molecule has 0 aliphatic carbocycles. The van der Waals surface area contributed by atoms with Crippen molar-refractivity contribution in [1.29, 1.82) is 0 Å². The summed E-state index contributed by atoms with van der Waals surface area (Å²) < 4.78 is 4.18. The standard InChI is InChI=1S/C16H13BrN4S/c1-9-5-6-21-13(7-9)20-14(15(21)17)10-3-4-11-12(8-10)22-16(18-2)19-11/h3-8H,1-2H3,(H,18,19). The van der Waals surface area contributed by atoms with Crippen molar-refractivity contribution in [3.05, 3.63) is 46.7 Å². The number of hydrogen-bond donors (Lipinski definition) is 1. The van der Waals surface area contributed by atoms with E-state index >= 15 is 0 Å². The largest absolute Gasteiger partial charge is 0.365 e. The summed E-state index contributed by atoms with van der Waals surface area (Å²) >= 11 is 5.32. The van der Waals surface area contributed by atoms with Crippen molar-refractivity contribution in [2.45, 2.75) is 6.92 Å². The molecule has 1 aromatic carbocycles. The van der Waals surface area contributed by atoms with Gasteiger partial charge in [-0.05, 0) is 52.7 Å². The van der Waals surface area contributed by atoms with Crippen LogP contribution in [0.15, 0.2) is 41.1 Å². The van der Waals surface area contributed by atoms with Crippen molar-refractivity contribution < 1.29 is 0 Å². The van der Waals surface area contributed by atoms with Crippen molar-refractivity contribution >= 4 is 48.3 Å². The van der Waals surface area contributed by atoms with Crippen molar-refractivity contribution in [3.63, 3.8) is 0 Å². The van der Waals surface area contributed by atoms with Crippen molar-refractivity contribution in [2.75, 3.05) is 12.4 Å². The Hall–Kier alpha value is -1.92. The number of hydrogen-bond acceptors (Lipinski definition) is 4. The minimum absolute atomic E-state index is 0.928. The summed E-state index contributed by atoms with van der Waals surface area (Å²) in [6, 6.07) is 10.4. The molecule has 1 N–H and O–H groups in total. The van der Waals surface area contributed by atoms with E-state index in [0.29, 0.717) is 0 Å². The Bertz CT molecular complexity index is 1000. The van der Waals surface area contributed by atoms with Gasteiger partial charge >= 0.3 is 0 Å². The first-order valence-corrected chi connectivity index (χ1v) is 8.49. The number of anilines is 1. The van der Waals surface area contributed by atoms with Gasteiger partial charge in [0.15, 0.2) is 5.13 Å². The van der Waals surface area contributed by atoms with E-state index in [1.165, 1.54) is 5.56 Å². The lowest BCUT2D eigenvalue weighted by Crippen LogP contribution is -1.84. The fourth-order valence-electron chi connectivity index (χ4n) is 2.48. The van der Waals surface area contributed by atoms with Gasteiger partial charge < -0.3 is 5.32 Å². The van der Waals surface area contributed by atoms with Gasteiger partial charge in [0.05, 0.1) is 10.2 Å². The second-order valence-corrected chi connectivity index (χ2v) is 6.92. The fraction of sp³-hybridized carbons (Fsp3) is 0.125. The highest BCUT2D eigenvalue weighted by Gasteiger charge is 2.13. The average Bonchev–Trinajstić information content (AvgIpc) is 3.07. The lowest BCUT2D eigenvalue weighted by atomic mass is 10.1. The molecule has 110 valence electrons. The first-order valence-electron chi connectivity index (χ1n) is 6.88. The van der Waals surface area contributed by atoms with Crippen LogP contribution in [0.3, 0.4) is 0 Å². The normalized spacial score (nSPS) is 11.4. The maximum Gasteiger partial charge on any atom is 0.183 e. The summed E-state index contributed by atoms with van der Waals surface area (Å²) in [7, 11) is 1.89. The van der Waals surface area contributed by atoms with Gasteiger partial charge in [0.25, 0.3) is 0 Å². The summed E-state index contributed by atoms with van der Waals surface area (Å²) in [5.41, 5.74) is 5.20. The van der Waals surface area contributed by atoms with Gasteiger partial charge in [-0.3, -0.25) is 4.40 Å². The number of thiazole rings is 1. The van der Waals surface area contributed by atoms with Crippen LogP contribution in [0.1, 0.15) is 5.56 Å². The maximum absolute atomic E-state index is 4.76. The molecule has 0 saturated heterocycles. The molecule has 0 atom stereocenters. The summed E-state index contributed by atoms with van der Waals surface area (Å²) in [6.07, 6.45) is 2.04. The molecule has 0 aliphatic heterocycles. The zero-order chi connectivity index (χ0) is 15.3. The summed E-state index contributed by atoms with van der Waals surface area (Å²) in [5, 5.41) is 4.02. The van der Waals surface area contributed by atoms with Crippen LogP contribution in [-0.4, -0.2) is 21.4 Å². The molecule has 0 saturated carbocycles. The topological polar surface area (TPSA) is 42.2 Å². The fourth-order valence-corrected chi connectivity index (χ4v) is 3.96. The molecule has 6 heteroatoms. The third kappa shape index (κ3) is 2.10. The van der Waals surface area contributed by atoms with E-state index in [0.717, 1.165) is 36.9 Å². The number of fused-ring (bicyclic) bond motifs is 2. The van der Waals surface area contributed by atoms with E-state index in [4.69, 9.17) is 4.98 Å². The van der Waals surface area contributed by atoms with Crippen molar-refractivity contribution in [2.24, 2.45) is 0 Å². The minimum atomic E-state index is 0.928. The third-order valence-corrected chi connectivity index (χ3v) is 5.39. The number of nitrogens with one attached hydrogen (secondary N) is 1. The van der Waals surface area contributed by atoms with E-state index in [9.17, 15) is 0 Å². The number of benzene rings is 1. The van der Waals surface area contributed by atoms with Crippen LogP contribution >= 0.6 is 27.3 Å². The average molecular weight is 373 g/mol. The molecule has 0 fully saturated rings. The molecule has 3 aromatic heterocycles.